The summed E-state index contributed by atoms with van der Waals surface area (Å²) in [6, 6.07) is 3.36. The van der Waals surface area contributed by atoms with E-state index in [-0.39, 0.29) is 11.5 Å². The molecule has 1 N–H and O–H groups in total. The maximum absolute atomic E-state index is 12.0. The van der Waals surface area contributed by atoms with Crippen molar-refractivity contribution in [3.8, 4) is 5.75 Å². The molecule has 0 aliphatic rings. The van der Waals surface area contributed by atoms with E-state index in [1.165, 1.54) is 25.7 Å². The minimum atomic E-state index is 0.135. The molecule has 0 spiro atoms. The Morgan fingerprint density at radius 3 is 2.16 bits per heavy atom. The first-order chi connectivity index (χ1) is 9.06. The molecule has 19 heavy (non-hydrogen) atoms. The fraction of sp³-hybridized carbons (Fsp3) is 0.533. The molecule has 1 rings (SSSR count). The SMILES string of the molecule is CCCCCCCCC(=O)c1cc(Br)c(O)c(Br)c1. The van der Waals surface area contributed by atoms with Crippen LogP contribution in [0.2, 0.25) is 0 Å². The summed E-state index contributed by atoms with van der Waals surface area (Å²) in [5.74, 6) is 0.271. The fourth-order valence-corrected chi connectivity index (χ4v) is 3.12. The molecule has 0 saturated carbocycles. The van der Waals surface area contributed by atoms with E-state index in [1.807, 2.05) is 0 Å². The summed E-state index contributed by atoms with van der Waals surface area (Å²) in [4.78, 5) is 12.0. The fourth-order valence-electron chi connectivity index (χ4n) is 1.94. The van der Waals surface area contributed by atoms with Crippen LogP contribution in [0.1, 0.15) is 62.2 Å². The summed E-state index contributed by atoms with van der Waals surface area (Å²) in [6.45, 7) is 2.20. The maximum atomic E-state index is 12.0. The van der Waals surface area contributed by atoms with Crippen LogP contribution in [-0.2, 0) is 0 Å². The quantitative estimate of drug-likeness (QED) is 0.445. The van der Waals surface area contributed by atoms with Crippen molar-refractivity contribution in [2.24, 2.45) is 0 Å². The zero-order valence-electron chi connectivity index (χ0n) is 11.2. The number of benzene rings is 1. The molecule has 1 aromatic carbocycles. The van der Waals surface area contributed by atoms with Crippen molar-refractivity contribution in [2.45, 2.75) is 51.9 Å². The average molecular weight is 392 g/mol. The first-order valence-electron chi connectivity index (χ1n) is 6.77. The van der Waals surface area contributed by atoms with E-state index >= 15 is 0 Å². The maximum Gasteiger partial charge on any atom is 0.162 e. The first kappa shape index (κ1) is 16.7. The third-order valence-electron chi connectivity index (χ3n) is 3.10. The third-order valence-corrected chi connectivity index (χ3v) is 4.31. The number of halogens is 2. The smallest absolute Gasteiger partial charge is 0.162 e. The number of phenols is 1. The van der Waals surface area contributed by atoms with E-state index in [9.17, 15) is 9.90 Å². The van der Waals surface area contributed by atoms with Gasteiger partial charge in [0.15, 0.2) is 5.78 Å². The predicted molar refractivity (Wildman–Crippen MR) is 85.8 cm³/mol. The Balaban J connectivity index is 2.42. The summed E-state index contributed by atoms with van der Waals surface area (Å²) in [5.41, 5.74) is 0.644. The van der Waals surface area contributed by atoms with Gasteiger partial charge >= 0.3 is 0 Å². The topological polar surface area (TPSA) is 37.3 Å². The molecule has 0 aromatic heterocycles. The van der Waals surface area contributed by atoms with Gasteiger partial charge in [-0.3, -0.25) is 4.79 Å². The second kappa shape index (κ2) is 8.75. The average Bonchev–Trinajstić information content (AvgIpc) is 2.39. The van der Waals surface area contributed by atoms with Gasteiger partial charge in [-0.05, 0) is 50.4 Å². The van der Waals surface area contributed by atoms with Crippen molar-refractivity contribution in [1.29, 1.82) is 0 Å². The van der Waals surface area contributed by atoms with E-state index < -0.39 is 0 Å². The minimum Gasteiger partial charge on any atom is -0.506 e. The van der Waals surface area contributed by atoms with Crippen LogP contribution in [0.25, 0.3) is 0 Å². The molecule has 0 fully saturated rings. The molecule has 0 aliphatic carbocycles. The lowest BCUT2D eigenvalue weighted by Gasteiger charge is -2.05. The van der Waals surface area contributed by atoms with Crippen LogP contribution in [0.3, 0.4) is 0 Å². The van der Waals surface area contributed by atoms with Gasteiger partial charge < -0.3 is 5.11 Å². The Hall–Kier alpha value is -0.350. The second-order valence-corrected chi connectivity index (χ2v) is 6.44. The van der Waals surface area contributed by atoms with Crippen molar-refractivity contribution in [2.75, 3.05) is 0 Å². The van der Waals surface area contributed by atoms with Crippen molar-refractivity contribution >= 4 is 37.6 Å². The highest BCUT2D eigenvalue weighted by atomic mass is 79.9. The molecule has 0 amide bonds. The summed E-state index contributed by atoms with van der Waals surface area (Å²) >= 11 is 6.49. The Kier molecular flexibility index (Phi) is 7.69. The van der Waals surface area contributed by atoms with E-state index in [2.05, 4.69) is 38.8 Å². The molecule has 2 nitrogen and oxygen atoms in total. The van der Waals surface area contributed by atoms with Crippen molar-refractivity contribution in [1.82, 2.24) is 0 Å². The summed E-state index contributed by atoms with van der Waals surface area (Å²) in [5, 5.41) is 9.60. The highest BCUT2D eigenvalue weighted by Crippen LogP contribution is 2.33. The van der Waals surface area contributed by atoms with Gasteiger partial charge in [0.05, 0.1) is 8.95 Å². The van der Waals surface area contributed by atoms with Crippen LogP contribution < -0.4 is 0 Å². The molecule has 0 radical (unpaired) electrons. The van der Waals surface area contributed by atoms with Crippen molar-refractivity contribution in [3.05, 3.63) is 26.6 Å². The molecule has 0 saturated heterocycles. The Labute approximate surface area is 131 Å². The highest BCUT2D eigenvalue weighted by molar-refractivity contribution is 9.11. The van der Waals surface area contributed by atoms with Gasteiger partial charge in [-0.15, -0.1) is 0 Å². The van der Waals surface area contributed by atoms with E-state index in [0.717, 1.165) is 12.8 Å². The number of phenolic OH excluding ortho intramolecular Hbond substituents is 1. The van der Waals surface area contributed by atoms with Crippen LogP contribution in [-0.4, -0.2) is 10.9 Å². The van der Waals surface area contributed by atoms with Crippen molar-refractivity contribution < 1.29 is 9.90 Å². The number of aromatic hydroxyl groups is 1. The summed E-state index contributed by atoms with van der Waals surface area (Å²) in [6.07, 6.45) is 7.64. The zero-order chi connectivity index (χ0) is 14.3. The molecule has 0 unspecified atom stereocenters. The number of ketones is 1. The molecule has 106 valence electrons. The molecule has 0 atom stereocenters. The second-order valence-electron chi connectivity index (χ2n) is 4.73. The molecule has 1 aromatic rings. The first-order valence-corrected chi connectivity index (χ1v) is 8.36. The van der Waals surface area contributed by atoms with Gasteiger partial charge in [0.1, 0.15) is 5.75 Å². The molecule has 0 bridgehead atoms. The molecule has 0 aliphatic heterocycles. The number of Topliss-reactive ketones (excluding diaryl/α,β-unsaturated/α-hetero) is 1. The zero-order valence-corrected chi connectivity index (χ0v) is 14.4. The van der Waals surface area contributed by atoms with Crippen LogP contribution in [0.5, 0.6) is 5.75 Å². The Morgan fingerprint density at radius 2 is 1.58 bits per heavy atom. The van der Waals surface area contributed by atoms with Gasteiger partial charge in [0, 0.05) is 12.0 Å². The third kappa shape index (κ3) is 5.65. The number of rotatable bonds is 8. The summed E-state index contributed by atoms with van der Waals surface area (Å²) in [7, 11) is 0. The highest BCUT2D eigenvalue weighted by Gasteiger charge is 2.11. The van der Waals surface area contributed by atoms with Crippen LogP contribution in [0.15, 0.2) is 21.1 Å². The standard InChI is InChI=1S/C15H20Br2O2/c1-2-3-4-5-6-7-8-14(18)11-9-12(16)15(19)13(17)10-11/h9-10,19H,2-8H2,1H3. The van der Waals surface area contributed by atoms with Crippen molar-refractivity contribution in [3.63, 3.8) is 0 Å². The van der Waals surface area contributed by atoms with Gasteiger partial charge in [-0.2, -0.15) is 0 Å². The minimum absolute atomic E-state index is 0.135. The lowest BCUT2D eigenvalue weighted by atomic mass is 10.0. The van der Waals surface area contributed by atoms with Gasteiger partial charge in [0.25, 0.3) is 0 Å². The largest absolute Gasteiger partial charge is 0.506 e. The van der Waals surface area contributed by atoms with E-state index in [0.29, 0.717) is 20.9 Å². The number of carbonyl (C=O) groups is 1. The van der Waals surface area contributed by atoms with Gasteiger partial charge in [-0.25, -0.2) is 0 Å². The summed E-state index contributed by atoms with van der Waals surface area (Å²) < 4.78 is 1.10. The predicted octanol–water partition coefficient (Wildman–Crippen LogP) is 5.85. The van der Waals surface area contributed by atoms with Crippen LogP contribution in [0, 0.1) is 0 Å². The normalized spacial score (nSPS) is 10.7. The molecule has 0 heterocycles. The number of hydrogen-bond donors (Lipinski definition) is 1. The lowest BCUT2D eigenvalue weighted by Crippen LogP contribution is -1.99. The van der Waals surface area contributed by atoms with E-state index in [1.54, 1.807) is 12.1 Å². The Morgan fingerprint density at radius 1 is 1.05 bits per heavy atom. The van der Waals surface area contributed by atoms with Gasteiger partial charge in [-0.1, -0.05) is 39.0 Å². The van der Waals surface area contributed by atoms with Crippen LogP contribution >= 0.6 is 31.9 Å². The monoisotopic (exact) mass is 390 g/mol. The number of carbonyl (C=O) groups excluding carboxylic acids is 1. The van der Waals surface area contributed by atoms with Crippen LogP contribution in [0.4, 0.5) is 0 Å². The van der Waals surface area contributed by atoms with Gasteiger partial charge in [0.2, 0.25) is 0 Å². The lowest BCUT2D eigenvalue weighted by molar-refractivity contribution is 0.0979. The van der Waals surface area contributed by atoms with E-state index in [4.69, 9.17) is 0 Å². The number of hydrogen-bond acceptors (Lipinski definition) is 2. The molecular formula is C15H20Br2O2. The number of unbranched alkanes of at least 4 members (excludes halogenated alkanes) is 5. The Bertz CT molecular complexity index is 407. The molecular weight excluding hydrogens is 372 g/mol. The molecule has 4 heteroatoms.